The first-order valence-corrected chi connectivity index (χ1v) is 6.78. The van der Waals surface area contributed by atoms with Crippen LogP contribution in [0.25, 0.3) is 0 Å². The Morgan fingerprint density at radius 3 is 1.50 bits per heavy atom. The molecule has 4 atom stereocenters. The SMILES string of the molecule is CN([C@@H]1CCCC[C@H]1O)[C@@H]1CCCC[C@@H]1O. The number of rotatable bonds is 2. The Hall–Kier alpha value is -0.120. The van der Waals surface area contributed by atoms with Gasteiger partial charge in [0.1, 0.15) is 0 Å². The van der Waals surface area contributed by atoms with Gasteiger partial charge in [-0.3, -0.25) is 4.90 Å². The van der Waals surface area contributed by atoms with E-state index < -0.39 is 0 Å². The van der Waals surface area contributed by atoms with Crippen molar-refractivity contribution >= 4 is 0 Å². The predicted molar refractivity (Wildman–Crippen MR) is 64.3 cm³/mol. The zero-order valence-corrected chi connectivity index (χ0v) is 10.3. The van der Waals surface area contributed by atoms with E-state index >= 15 is 0 Å². The van der Waals surface area contributed by atoms with Gasteiger partial charge in [-0.25, -0.2) is 0 Å². The van der Waals surface area contributed by atoms with Crippen molar-refractivity contribution < 1.29 is 10.2 Å². The molecule has 2 fully saturated rings. The molecule has 0 bridgehead atoms. The summed E-state index contributed by atoms with van der Waals surface area (Å²) in [5, 5.41) is 20.1. The zero-order valence-electron chi connectivity index (χ0n) is 10.3. The molecule has 3 nitrogen and oxygen atoms in total. The van der Waals surface area contributed by atoms with Crippen LogP contribution in [-0.4, -0.2) is 46.5 Å². The molecular formula is C13H25NO2. The van der Waals surface area contributed by atoms with E-state index in [9.17, 15) is 10.2 Å². The van der Waals surface area contributed by atoms with E-state index in [4.69, 9.17) is 0 Å². The van der Waals surface area contributed by atoms with Gasteiger partial charge >= 0.3 is 0 Å². The van der Waals surface area contributed by atoms with Gasteiger partial charge in [0.15, 0.2) is 0 Å². The second kappa shape index (κ2) is 5.48. The first-order valence-electron chi connectivity index (χ1n) is 6.78. The molecule has 0 unspecified atom stereocenters. The van der Waals surface area contributed by atoms with Crippen LogP contribution in [0.3, 0.4) is 0 Å². The fraction of sp³-hybridized carbons (Fsp3) is 1.00. The van der Waals surface area contributed by atoms with Crippen LogP contribution in [0, 0.1) is 0 Å². The highest BCUT2D eigenvalue weighted by molar-refractivity contribution is 4.89. The minimum absolute atomic E-state index is 0.187. The van der Waals surface area contributed by atoms with E-state index in [1.165, 1.54) is 12.8 Å². The van der Waals surface area contributed by atoms with Gasteiger partial charge in [-0.2, -0.15) is 0 Å². The molecule has 0 aromatic rings. The molecule has 0 spiro atoms. The molecule has 0 radical (unpaired) electrons. The Kier molecular flexibility index (Phi) is 4.22. The van der Waals surface area contributed by atoms with Crippen LogP contribution in [0.1, 0.15) is 51.4 Å². The van der Waals surface area contributed by atoms with Gasteiger partial charge in [0.05, 0.1) is 12.2 Å². The topological polar surface area (TPSA) is 43.7 Å². The summed E-state index contributed by atoms with van der Waals surface area (Å²) in [6.45, 7) is 0. The van der Waals surface area contributed by atoms with Crippen molar-refractivity contribution in [1.29, 1.82) is 0 Å². The molecule has 3 heteroatoms. The fourth-order valence-electron chi connectivity index (χ4n) is 3.38. The van der Waals surface area contributed by atoms with Crippen molar-refractivity contribution in [2.75, 3.05) is 7.05 Å². The highest BCUT2D eigenvalue weighted by Crippen LogP contribution is 2.29. The average Bonchev–Trinajstić information content (AvgIpc) is 2.29. The lowest BCUT2D eigenvalue weighted by Gasteiger charge is -2.43. The second-order valence-electron chi connectivity index (χ2n) is 5.50. The molecule has 16 heavy (non-hydrogen) atoms. The Morgan fingerprint density at radius 2 is 1.12 bits per heavy atom. The summed E-state index contributed by atoms with van der Waals surface area (Å²) in [5.74, 6) is 0. The number of aliphatic hydroxyl groups excluding tert-OH is 2. The monoisotopic (exact) mass is 227 g/mol. The molecular weight excluding hydrogens is 202 g/mol. The number of aliphatic hydroxyl groups is 2. The lowest BCUT2D eigenvalue weighted by molar-refractivity contribution is -0.0371. The van der Waals surface area contributed by atoms with Gasteiger partial charge in [0.25, 0.3) is 0 Å². The van der Waals surface area contributed by atoms with Crippen molar-refractivity contribution in [3.05, 3.63) is 0 Å². The van der Waals surface area contributed by atoms with Crippen LogP contribution in [0.15, 0.2) is 0 Å². The Labute approximate surface area is 98.5 Å². The maximum absolute atomic E-state index is 10.0. The summed E-state index contributed by atoms with van der Waals surface area (Å²) in [5.41, 5.74) is 0. The standard InChI is InChI=1S/C13H25NO2/c1-14(10-6-2-4-8-12(10)15)11-7-3-5-9-13(11)16/h10-13,15-16H,2-9H2,1H3/t10-,11-,12-,13+/m1/s1. The maximum atomic E-state index is 10.0. The number of likely N-dealkylation sites (N-methyl/N-ethyl adjacent to an activating group) is 1. The van der Waals surface area contributed by atoms with Crippen LogP contribution in [0.5, 0.6) is 0 Å². The Morgan fingerprint density at radius 1 is 0.750 bits per heavy atom. The first kappa shape index (κ1) is 12.3. The van der Waals surface area contributed by atoms with E-state index in [1.54, 1.807) is 0 Å². The fourth-order valence-corrected chi connectivity index (χ4v) is 3.38. The van der Waals surface area contributed by atoms with Crippen LogP contribution in [0.4, 0.5) is 0 Å². The number of hydrogen-bond donors (Lipinski definition) is 2. The Balaban J connectivity index is 1.96. The molecule has 0 aromatic carbocycles. The first-order chi connectivity index (χ1) is 7.70. The summed E-state index contributed by atoms with van der Waals surface area (Å²) in [7, 11) is 2.08. The van der Waals surface area contributed by atoms with Crippen molar-refractivity contribution in [3.63, 3.8) is 0 Å². The number of hydrogen-bond acceptors (Lipinski definition) is 3. The average molecular weight is 227 g/mol. The van der Waals surface area contributed by atoms with Crippen LogP contribution in [-0.2, 0) is 0 Å². The summed E-state index contributed by atoms with van der Waals surface area (Å²) < 4.78 is 0. The van der Waals surface area contributed by atoms with E-state index in [0.29, 0.717) is 0 Å². The van der Waals surface area contributed by atoms with Crippen LogP contribution < -0.4 is 0 Å². The summed E-state index contributed by atoms with van der Waals surface area (Å²) >= 11 is 0. The third kappa shape index (κ3) is 2.58. The van der Waals surface area contributed by atoms with Gasteiger partial charge in [-0.1, -0.05) is 25.7 Å². The maximum Gasteiger partial charge on any atom is 0.0695 e. The van der Waals surface area contributed by atoms with Crippen LogP contribution >= 0.6 is 0 Å². The molecule has 94 valence electrons. The van der Waals surface area contributed by atoms with Crippen molar-refractivity contribution in [2.45, 2.75) is 75.7 Å². The van der Waals surface area contributed by atoms with Gasteiger partial charge in [-0.15, -0.1) is 0 Å². The minimum atomic E-state index is -0.187. The molecule has 2 rings (SSSR count). The molecule has 0 heterocycles. The largest absolute Gasteiger partial charge is 0.391 e. The molecule has 2 aliphatic carbocycles. The van der Waals surface area contributed by atoms with E-state index in [2.05, 4.69) is 11.9 Å². The van der Waals surface area contributed by atoms with E-state index in [-0.39, 0.29) is 24.3 Å². The third-order valence-electron chi connectivity index (χ3n) is 4.43. The van der Waals surface area contributed by atoms with Gasteiger partial charge in [-0.05, 0) is 32.7 Å². The van der Waals surface area contributed by atoms with Crippen molar-refractivity contribution in [3.8, 4) is 0 Å². The lowest BCUT2D eigenvalue weighted by Crippen LogP contribution is -2.53. The molecule has 0 saturated heterocycles. The molecule has 2 aliphatic rings. The smallest absolute Gasteiger partial charge is 0.0695 e. The highest BCUT2D eigenvalue weighted by Gasteiger charge is 2.34. The highest BCUT2D eigenvalue weighted by atomic mass is 16.3. The molecule has 0 aliphatic heterocycles. The Bertz CT molecular complexity index is 200. The van der Waals surface area contributed by atoms with Crippen molar-refractivity contribution in [1.82, 2.24) is 4.90 Å². The quantitative estimate of drug-likeness (QED) is 0.752. The number of nitrogens with zero attached hydrogens (tertiary/aromatic N) is 1. The normalized spacial score (nSPS) is 41.2. The molecule has 2 saturated carbocycles. The predicted octanol–water partition coefficient (Wildman–Crippen LogP) is 1.53. The lowest BCUT2D eigenvalue weighted by atomic mass is 9.86. The molecule has 0 aromatic heterocycles. The van der Waals surface area contributed by atoms with Crippen LogP contribution in [0.2, 0.25) is 0 Å². The second-order valence-corrected chi connectivity index (χ2v) is 5.50. The van der Waals surface area contributed by atoms with Gasteiger partial charge in [0.2, 0.25) is 0 Å². The van der Waals surface area contributed by atoms with E-state index in [0.717, 1.165) is 38.5 Å². The van der Waals surface area contributed by atoms with E-state index in [1.807, 2.05) is 0 Å². The summed E-state index contributed by atoms with van der Waals surface area (Å²) in [6.07, 6.45) is 8.39. The van der Waals surface area contributed by atoms with Gasteiger partial charge in [0, 0.05) is 12.1 Å². The third-order valence-corrected chi connectivity index (χ3v) is 4.43. The summed E-state index contributed by atoms with van der Waals surface area (Å²) in [6, 6.07) is 0.540. The molecule has 2 N–H and O–H groups in total. The van der Waals surface area contributed by atoms with Gasteiger partial charge < -0.3 is 10.2 Å². The van der Waals surface area contributed by atoms with Crippen molar-refractivity contribution in [2.24, 2.45) is 0 Å². The molecule has 0 amide bonds. The minimum Gasteiger partial charge on any atom is -0.391 e. The zero-order chi connectivity index (χ0) is 11.5. The summed E-state index contributed by atoms with van der Waals surface area (Å²) in [4.78, 5) is 2.26.